The van der Waals surface area contributed by atoms with Crippen LogP contribution in [-0.2, 0) is 9.59 Å². The molecule has 4 amide bonds. The lowest BCUT2D eigenvalue weighted by atomic mass is 10.2. The highest BCUT2D eigenvalue weighted by Crippen LogP contribution is 2.32. The van der Waals surface area contributed by atoms with E-state index in [0.717, 1.165) is 10.6 Å². The molecular weight excluding hydrogens is 278 g/mol. The predicted molar refractivity (Wildman–Crippen MR) is 70.0 cm³/mol. The number of amides is 4. The molecule has 0 unspecified atom stereocenters. The first-order chi connectivity index (χ1) is 10.1. The van der Waals surface area contributed by atoms with Crippen LogP contribution >= 0.6 is 0 Å². The molecule has 0 bridgehead atoms. The third kappa shape index (κ3) is 2.78. The highest BCUT2D eigenvalue weighted by atomic mass is 16.7. The minimum atomic E-state index is -0.648. The van der Waals surface area contributed by atoms with E-state index in [9.17, 15) is 14.4 Å². The number of nitrogens with one attached hydrogen (secondary N) is 2. The zero-order valence-corrected chi connectivity index (χ0v) is 10.8. The molecule has 0 aromatic heterocycles. The van der Waals surface area contributed by atoms with E-state index in [2.05, 4.69) is 10.7 Å². The van der Waals surface area contributed by atoms with E-state index in [1.807, 2.05) is 0 Å². The maximum atomic E-state index is 11.7. The van der Waals surface area contributed by atoms with Crippen molar-refractivity contribution in [3.05, 3.63) is 29.8 Å². The molecule has 2 N–H and O–H groups in total. The van der Waals surface area contributed by atoms with Crippen LogP contribution in [0.5, 0.6) is 11.5 Å². The highest BCUT2D eigenvalue weighted by molar-refractivity contribution is 6.03. The van der Waals surface area contributed by atoms with Crippen LogP contribution in [0.25, 0.3) is 6.08 Å². The standard InChI is InChI=1S/C13H11N3O5/c17-11(15-16-6-12(18)14-13(16)19)4-2-8-1-3-9-10(5-8)21-7-20-9/h1-5H,6-7H2,(H,15,17)(H,14,18,19)/b4-2+. The van der Waals surface area contributed by atoms with E-state index < -0.39 is 17.8 Å². The van der Waals surface area contributed by atoms with Crippen LogP contribution in [0.1, 0.15) is 5.56 Å². The second-order valence-corrected chi connectivity index (χ2v) is 4.36. The molecule has 0 aliphatic carbocycles. The van der Waals surface area contributed by atoms with E-state index in [4.69, 9.17) is 9.47 Å². The average Bonchev–Trinajstić information content (AvgIpc) is 3.02. The smallest absolute Gasteiger partial charge is 0.343 e. The molecule has 2 aliphatic rings. The second-order valence-electron chi connectivity index (χ2n) is 4.36. The Morgan fingerprint density at radius 3 is 2.86 bits per heavy atom. The Balaban J connectivity index is 1.62. The third-order valence-electron chi connectivity index (χ3n) is 2.86. The van der Waals surface area contributed by atoms with Gasteiger partial charge in [-0.1, -0.05) is 6.07 Å². The Kier molecular flexibility index (Phi) is 3.19. The Labute approximate surface area is 119 Å². The van der Waals surface area contributed by atoms with E-state index in [-0.39, 0.29) is 13.3 Å². The molecule has 1 fully saturated rings. The van der Waals surface area contributed by atoms with Gasteiger partial charge in [-0.25, -0.2) is 9.80 Å². The number of nitrogens with zero attached hydrogens (tertiary/aromatic N) is 1. The Morgan fingerprint density at radius 1 is 1.29 bits per heavy atom. The van der Waals surface area contributed by atoms with Gasteiger partial charge in [-0.2, -0.15) is 0 Å². The fraction of sp³-hybridized carbons (Fsp3) is 0.154. The topological polar surface area (TPSA) is 97.0 Å². The van der Waals surface area contributed by atoms with Gasteiger partial charge in [0.1, 0.15) is 6.54 Å². The van der Waals surface area contributed by atoms with E-state index >= 15 is 0 Å². The number of benzene rings is 1. The van der Waals surface area contributed by atoms with Gasteiger partial charge in [0.15, 0.2) is 11.5 Å². The largest absolute Gasteiger partial charge is 0.454 e. The van der Waals surface area contributed by atoms with Gasteiger partial charge in [0, 0.05) is 6.08 Å². The van der Waals surface area contributed by atoms with Crippen molar-refractivity contribution in [2.75, 3.05) is 13.3 Å². The first kappa shape index (κ1) is 13.0. The van der Waals surface area contributed by atoms with Crippen LogP contribution in [0, 0.1) is 0 Å². The lowest BCUT2D eigenvalue weighted by molar-refractivity contribution is -0.121. The van der Waals surface area contributed by atoms with Crippen LogP contribution < -0.4 is 20.2 Å². The average molecular weight is 289 g/mol. The summed E-state index contributed by atoms with van der Waals surface area (Å²) in [6, 6.07) is 4.60. The van der Waals surface area contributed by atoms with Gasteiger partial charge in [0.2, 0.25) is 12.7 Å². The van der Waals surface area contributed by atoms with Gasteiger partial charge in [0.05, 0.1) is 0 Å². The summed E-state index contributed by atoms with van der Waals surface area (Å²) in [4.78, 5) is 33.9. The SMILES string of the molecule is O=C(/C=C/c1ccc2c(c1)OCO2)NN1CC(=O)NC1=O. The quantitative estimate of drug-likeness (QED) is 0.603. The van der Waals surface area contributed by atoms with Crippen molar-refractivity contribution in [3.8, 4) is 11.5 Å². The number of carbonyl (C=O) groups is 3. The predicted octanol–water partition coefficient (Wildman–Crippen LogP) is 0.0115. The van der Waals surface area contributed by atoms with Crippen LogP contribution in [0.2, 0.25) is 0 Å². The number of carbonyl (C=O) groups excluding carboxylic acids is 3. The molecule has 3 rings (SSSR count). The lowest BCUT2D eigenvalue weighted by Gasteiger charge is -2.12. The van der Waals surface area contributed by atoms with Crippen molar-refractivity contribution in [2.45, 2.75) is 0 Å². The Bertz CT molecular complexity index is 655. The van der Waals surface area contributed by atoms with Gasteiger partial charge < -0.3 is 9.47 Å². The van der Waals surface area contributed by atoms with Crippen molar-refractivity contribution in [1.82, 2.24) is 15.8 Å². The number of fused-ring (bicyclic) bond motifs is 1. The summed E-state index contributed by atoms with van der Waals surface area (Å²) in [5.41, 5.74) is 3.05. The summed E-state index contributed by atoms with van der Waals surface area (Å²) in [5.74, 6) is 0.295. The molecule has 8 heteroatoms. The molecule has 1 aromatic carbocycles. The number of hydrogen-bond donors (Lipinski definition) is 2. The molecular formula is C13H11N3O5. The van der Waals surface area contributed by atoms with Crippen molar-refractivity contribution in [3.63, 3.8) is 0 Å². The van der Waals surface area contributed by atoms with Crippen LogP contribution in [-0.4, -0.2) is 36.2 Å². The molecule has 2 heterocycles. The maximum absolute atomic E-state index is 11.7. The monoisotopic (exact) mass is 289 g/mol. The van der Waals surface area contributed by atoms with Crippen molar-refractivity contribution < 1.29 is 23.9 Å². The lowest BCUT2D eigenvalue weighted by Crippen LogP contribution is -2.43. The first-order valence-electron chi connectivity index (χ1n) is 6.11. The van der Waals surface area contributed by atoms with Gasteiger partial charge in [0.25, 0.3) is 5.91 Å². The van der Waals surface area contributed by atoms with E-state index in [1.54, 1.807) is 24.3 Å². The number of hydrazine groups is 1. The summed E-state index contributed by atoms with van der Waals surface area (Å²) in [5, 5.41) is 2.96. The Morgan fingerprint density at radius 2 is 2.10 bits per heavy atom. The summed E-state index contributed by atoms with van der Waals surface area (Å²) in [6.45, 7) is -0.0104. The number of rotatable bonds is 3. The Hall–Kier alpha value is -3.03. The molecule has 0 atom stereocenters. The summed E-state index contributed by atoms with van der Waals surface area (Å²) in [7, 11) is 0. The zero-order valence-electron chi connectivity index (χ0n) is 10.8. The van der Waals surface area contributed by atoms with Gasteiger partial charge in [-0.05, 0) is 23.8 Å². The molecule has 8 nitrogen and oxygen atoms in total. The normalized spacial score (nSPS) is 16.5. The van der Waals surface area contributed by atoms with E-state index in [1.165, 1.54) is 6.08 Å². The minimum Gasteiger partial charge on any atom is -0.454 e. The van der Waals surface area contributed by atoms with E-state index in [0.29, 0.717) is 11.5 Å². The minimum absolute atomic E-state index is 0.182. The fourth-order valence-corrected chi connectivity index (χ4v) is 1.89. The van der Waals surface area contributed by atoms with Crippen molar-refractivity contribution in [1.29, 1.82) is 0 Å². The summed E-state index contributed by atoms with van der Waals surface area (Å²) in [6.07, 6.45) is 2.82. The molecule has 1 saturated heterocycles. The molecule has 2 aliphatic heterocycles. The summed E-state index contributed by atoms with van der Waals surface area (Å²) >= 11 is 0. The summed E-state index contributed by atoms with van der Waals surface area (Å²) < 4.78 is 10.4. The number of urea groups is 1. The highest BCUT2D eigenvalue weighted by Gasteiger charge is 2.27. The van der Waals surface area contributed by atoms with Gasteiger partial charge in [-0.15, -0.1) is 0 Å². The van der Waals surface area contributed by atoms with Gasteiger partial charge >= 0.3 is 6.03 Å². The molecule has 21 heavy (non-hydrogen) atoms. The molecule has 108 valence electrons. The molecule has 0 saturated carbocycles. The molecule has 0 spiro atoms. The molecule has 1 aromatic rings. The zero-order chi connectivity index (χ0) is 14.8. The third-order valence-corrected chi connectivity index (χ3v) is 2.86. The second kappa shape index (κ2) is 5.16. The van der Waals surface area contributed by atoms with Crippen LogP contribution in [0.3, 0.4) is 0 Å². The fourth-order valence-electron chi connectivity index (χ4n) is 1.89. The first-order valence-corrected chi connectivity index (χ1v) is 6.11. The maximum Gasteiger partial charge on any atom is 0.343 e. The number of imide groups is 1. The number of hydrogen-bond acceptors (Lipinski definition) is 5. The van der Waals surface area contributed by atoms with Gasteiger partial charge in [-0.3, -0.25) is 20.3 Å². The van der Waals surface area contributed by atoms with Crippen LogP contribution in [0.15, 0.2) is 24.3 Å². The van der Waals surface area contributed by atoms with Crippen molar-refractivity contribution in [2.24, 2.45) is 0 Å². The molecule has 0 radical (unpaired) electrons. The number of ether oxygens (including phenoxy) is 2. The van der Waals surface area contributed by atoms with Crippen molar-refractivity contribution >= 4 is 23.9 Å². The van der Waals surface area contributed by atoms with Crippen LogP contribution in [0.4, 0.5) is 4.79 Å².